The number of ether oxygens (including phenoxy) is 1. The van der Waals surface area contributed by atoms with Crippen LogP contribution >= 0.6 is 0 Å². The second-order valence-corrected chi connectivity index (χ2v) is 5.60. The Balaban J connectivity index is 2.03. The molecule has 3 unspecified atom stereocenters. The molecule has 1 N–H and O–H groups in total. The fraction of sp³-hybridized carbons (Fsp3) is 0.625. The third-order valence-electron chi connectivity index (χ3n) is 3.81. The van der Waals surface area contributed by atoms with Crippen LogP contribution < -0.4 is 10.1 Å². The van der Waals surface area contributed by atoms with Crippen molar-refractivity contribution in [3.8, 4) is 5.75 Å². The largest absolute Gasteiger partial charge is 0.494 e. The molecule has 19 heavy (non-hydrogen) atoms. The van der Waals surface area contributed by atoms with E-state index in [1.807, 2.05) is 6.92 Å². The van der Waals surface area contributed by atoms with E-state index in [0.717, 1.165) is 25.4 Å². The first kappa shape index (κ1) is 14.4. The van der Waals surface area contributed by atoms with E-state index in [2.05, 4.69) is 55.3 Å². The average molecular weight is 262 g/mol. The molecule has 1 aromatic rings. The highest BCUT2D eigenvalue weighted by Gasteiger charge is 2.25. The standard InChI is InChI=1S/C16H26N2O/c1-5-19-16-8-6-15(7-9-16)14(4)18-10-12(2)17-13(3)11-18/h6-9,12-14,17H,5,10-11H2,1-4H3. The zero-order chi connectivity index (χ0) is 13.8. The predicted octanol–water partition coefficient (Wildman–Crippen LogP) is 2.83. The van der Waals surface area contributed by atoms with Crippen LogP contribution in [0.2, 0.25) is 0 Å². The van der Waals surface area contributed by atoms with E-state index >= 15 is 0 Å². The van der Waals surface area contributed by atoms with E-state index in [0.29, 0.717) is 18.1 Å². The summed E-state index contributed by atoms with van der Waals surface area (Å²) in [5.41, 5.74) is 1.37. The number of piperazine rings is 1. The number of benzene rings is 1. The predicted molar refractivity (Wildman–Crippen MR) is 79.7 cm³/mol. The molecule has 3 nitrogen and oxygen atoms in total. The minimum Gasteiger partial charge on any atom is -0.494 e. The van der Waals surface area contributed by atoms with E-state index in [1.165, 1.54) is 5.56 Å². The second-order valence-electron chi connectivity index (χ2n) is 5.60. The molecule has 1 aliphatic heterocycles. The van der Waals surface area contributed by atoms with Crippen LogP contribution in [0.5, 0.6) is 5.75 Å². The minimum atomic E-state index is 0.461. The molecule has 3 heteroatoms. The molecular weight excluding hydrogens is 236 g/mol. The van der Waals surface area contributed by atoms with Crippen molar-refractivity contribution in [1.29, 1.82) is 0 Å². The van der Waals surface area contributed by atoms with Crippen molar-refractivity contribution >= 4 is 0 Å². The molecule has 0 amide bonds. The lowest BCUT2D eigenvalue weighted by atomic mass is 10.0. The molecule has 0 aliphatic carbocycles. The van der Waals surface area contributed by atoms with Crippen LogP contribution in [0.15, 0.2) is 24.3 Å². The van der Waals surface area contributed by atoms with Crippen LogP contribution in [0.25, 0.3) is 0 Å². The third kappa shape index (κ3) is 3.71. The highest BCUT2D eigenvalue weighted by atomic mass is 16.5. The Labute approximate surface area is 116 Å². The molecule has 0 bridgehead atoms. The van der Waals surface area contributed by atoms with Gasteiger partial charge in [0, 0.05) is 31.2 Å². The summed E-state index contributed by atoms with van der Waals surface area (Å²) < 4.78 is 5.50. The van der Waals surface area contributed by atoms with E-state index in [9.17, 15) is 0 Å². The Morgan fingerprint density at radius 1 is 1.21 bits per heavy atom. The first-order valence-electron chi connectivity index (χ1n) is 7.33. The van der Waals surface area contributed by atoms with Crippen LogP contribution in [0.1, 0.15) is 39.3 Å². The summed E-state index contributed by atoms with van der Waals surface area (Å²) in [6, 6.07) is 10.1. The van der Waals surface area contributed by atoms with Gasteiger partial charge in [0.2, 0.25) is 0 Å². The second kappa shape index (κ2) is 6.40. The van der Waals surface area contributed by atoms with Gasteiger partial charge in [-0.25, -0.2) is 0 Å². The Morgan fingerprint density at radius 3 is 2.32 bits per heavy atom. The molecule has 1 aromatic carbocycles. The van der Waals surface area contributed by atoms with Gasteiger partial charge in [-0.2, -0.15) is 0 Å². The lowest BCUT2D eigenvalue weighted by Gasteiger charge is -2.39. The van der Waals surface area contributed by atoms with Crippen molar-refractivity contribution in [1.82, 2.24) is 10.2 Å². The topological polar surface area (TPSA) is 24.5 Å². The first-order chi connectivity index (χ1) is 9.10. The molecule has 1 heterocycles. The Kier molecular flexibility index (Phi) is 4.83. The van der Waals surface area contributed by atoms with Crippen molar-refractivity contribution in [3.05, 3.63) is 29.8 Å². The van der Waals surface area contributed by atoms with Gasteiger partial charge in [0.15, 0.2) is 0 Å². The van der Waals surface area contributed by atoms with E-state index in [4.69, 9.17) is 4.74 Å². The van der Waals surface area contributed by atoms with E-state index in [1.54, 1.807) is 0 Å². The minimum absolute atomic E-state index is 0.461. The number of nitrogens with one attached hydrogen (secondary N) is 1. The van der Waals surface area contributed by atoms with Gasteiger partial charge in [0.05, 0.1) is 6.61 Å². The summed E-state index contributed by atoms with van der Waals surface area (Å²) in [6.07, 6.45) is 0. The van der Waals surface area contributed by atoms with Gasteiger partial charge in [-0.1, -0.05) is 12.1 Å². The Hall–Kier alpha value is -1.06. The Morgan fingerprint density at radius 2 is 1.79 bits per heavy atom. The van der Waals surface area contributed by atoms with Crippen molar-refractivity contribution in [2.75, 3.05) is 19.7 Å². The van der Waals surface area contributed by atoms with Crippen LogP contribution in [0, 0.1) is 0 Å². The monoisotopic (exact) mass is 262 g/mol. The van der Waals surface area contributed by atoms with Gasteiger partial charge < -0.3 is 10.1 Å². The normalized spacial score (nSPS) is 26.1. The quantitative estimate of drug-likeness (QED) is 0.903. The maximum atomic E-state index is 5.50. The van der Waals surface area contributed by atoms with Gasteiger partial charge in [-0.3, -0.25) is 4.90 Å². The van der Waals surface area contributed by atoms with Crippen molar-refractivity contribution < 1.29 is 4.74 Å². The maximum Gasteiger partial charge on any atom is 0.119 e. The summed E-state index contributed by atoms with van der Waals surface area (Å²) in [7, 11) is 0. The average Bonchev–Trinajstić information content (AvgIpc) is 2.38. The molecule has 1 aliphatic rings. The Bertz CT molecular complexity index is 380. The number of hydrogen-bond donors (Lipinski definition) is 1. The molecule has 0 spiro atoms. The summed E-state index contributed by atoms with van der Waals surface area (Å²) >= 11 is 0. The smallest absolute Gasteiger partial charge is 0.119 e. The first-order valence-corrected chi connectivity index (χ1v) is 7.33. The van der Waals surface area contributed by atoms with Crippen LogP contribution in [0.3, 0.4) is 0 Å². The van der Waals surface area contributed by atoms with Crippen LogP contribution in [-0.4, -0.2) is 36.7 Å². The highest BCUT2D eigenvalue weighted by molar-refractivity contribution is 5.29. The molecular formula is C16H26N2O. The SMILES string of the molecule is CCOc1ccc(C(C)N2CC(C)NC(C)C2)cc1. The molecule has 0 aromatic heterocycles. The lowest BCUT2D eigenvalue weighted by Crippen LogP contribution is -2.54. The zero-order valence-corrected chi connectivity index (χ0v) is 12.5. The molecule has 3 atom stereocenters. The van der Waals surface area contributed by atoms with Gasteiger partial charge in [-0.05, 0) is 45.4 Å². The number of nitrogens with zero attached hydrogens (tertiary/aromatic N) is 1. The fourth-order valence-electron chi connectivity index (χ4n) is 2.91. The van der Waals surface area contributed by atoms with E-state index < -0.39 is 0 Å². The third-order valence-corrected chi connectivity index (χ3v) is 3.81. The fourth-order valence-corrected chi connectivity index (χ4v) is 2.91. The lowest BCUT2D eigenvalue weighted by molar-refractivity contribution is 0.131. The maximum absolute atomic E-state index is 5.50. The van der Waals surface area contributed by atoms with Gasteiger partial charge in [-0.15, -0.1) is 0 Å². The van der Waals surface area contributed by atoms with Crippen molar-refractivity contribution in [3.63, 3.8) is 0 Å². The molecule has 0 radical (unpaired) electrons. The highest BCUT2D eigenvalue weighted by Crippen LogP contribution is 2.24. The molecule has 1 fully saturated rings. The molecule has 2 rings (SSSR count). The number of hydrogen-bond acceptors (Lipinski definition) is 3. The summed E-state index contributed by atoms with van der Waals surface area (Å²) in [4.78, 5) is 2.56. The van der Waals surface area contributed by atoms with Crippen molar-refractivity contribution in [2.24, 2.45) is 0 Å². The zero-order valence-electron chi connectivity index (χ0n) is 12.5. The van der Waals surface area contributed by atoms with Crippen LogP contribution in [0.4, 0.5) is 0 Å². The van der Waals surface area contributed by atoms with Gasteiger partial charge in [0.25, 0.3) is 0 Å². The molecule has 106 valence electrons. The number of rotatable bonds is 4. The van der Waals surface area contributed by atoms with Gasteiger partial charge >= 0.3 is 0 Å². The summed E-state index contributed by atoms with van der Waals surface area (Å²) in [6.45, 7) is 11.8. The molecule has 1 saturated heterocycles. The molecule has 0 saturated carbocycles. The summed E-state index contributed by atoms with van der Waals surface area (Å²) in [5, 5.41) is 3.58. The van der Waals surface area contributed by atoms with Gasteiger partial charge in [0.1, 0.15) is 5.75 Å². The summed E-state index contributed by atoms with van der Waals surface area (Å²) in [5.74, 6) is 0.959. The van der Waals surface area contributed by atoms with Crippen LogP contribution in [-0.2, 0) is 0 Å². The van der Waals surface area contributed by atoms with Crippen molar-refractivity contribution in [2.45, 2.75) is 45.8 Å². The van der Waals surface area contributed by atoms with E-state index in [-0.39, 0.29) is 0 Å².